The lowest BCUT2D eigenvalue weighted by Crippen LogP contribution is -2.38. The predicted molar refractivity (Wildman–Crippen MR) is 134 cm³/mol. The second kappa shape index (κ2) is 8.38. The highest BCUT2D eigenvalue weighted by atomic mass is 16.5. The molecule has 0 bridgehead atoms. The monoisotopic (exact) mass is 489 g/mol. The summed E-state index contributed by atoms with van der Waals surface area (Å²) in [5.74, 6) is 1.77. The number of carbonyl (C=O) groups is 1. The molecule has 3 atom stereocenters. The summed E-state index contributed by atoms with van der Waals surface area (Å²) >= 11 is 0. The van der Waals surface area contributed by atoms with E-state index in [1.54, 1.807) is 18.3 Å². The van der Waals surface area contributed by atoms with Crippen LogP contribution in [0.3, 0.4) is 0 Å². The molecule has 6 rings (SSSR count). The zero-order valence-corrected chi connectivity index (χ0v) is 20.7. The molecule has 3 aliphatic rings. The van der Waals surface area contributed by atoms with Crippen molar-refractivity contribution in [2.75, 3.05) is 5.32 Å². The number of fused-ring (bicyclic) bond motifs is 2. The number of aromatic nitrogens is 3. The average Bonchev–Trinajstić information content (AvgIpc) is 3.68. The summed E-state index contributed by atoms with van der Waals surface area (Å²) in [4.78, 5) is 26.2. The molecule has 0 aromatic carbocycles. The van der Waals surface area contributed by atoms with Crippen LogP contribution in [0.25, 0.3) is 10.8 Å². The van der Waals surface area contributed by atoms with Gasteiger partial charge in [-0.3, -0.25) is 0 Å². The fourth-order valence-electron chi connectivity index (χ4n) is 5.15. The van der Waals surface area contributed by atoms with Gasteiger partial charge in [-0.2, -0.15) is 0 Å². The van der Waals surface area contributed by atoms with E-state index in [9.17, 15) is 9.90 Å². The van der Waals surface area contributed by atoms with E-state index in [2.05, 4.69) is 22.2 Å². The van der Waals surface area contributed by atoms with Crippen molar-refractivity contribution >= 4 is 28.4 Å². The first-order valence-electron chi connectivity index (χ1n) is 12.6. The second-order valence-corrected chi connectivity index (χ2v) is 10.7. The average molecular weight is 490 g/mol. The summed E-state index contributed by atoms with van der Waals surface area (Å²) in [5, 5.41) is 14.7. The van der Waals surface area contributed by atoms with Gasteiger partial charge in [0, 0.05) is 36.7 Å². The van der Waals surface area contributed by atoms with Crippen LogP contribution in [0.15, 0.2) is 30.6 Å². The van der Waals surface area contributed by atoms with Crippen LogP contribution in [0.4, 0.5) is 11.6 Å². The molecule has 2 saturated carbocycles. The molecular weight excluding hydrogens is 458 g/mol. The van der Waals surface area contributed by atoms with Crippen LogP contribution in [0.2, 0.25) is 0 Å². The summed E-state index contributed by atoms with van der Waals surface area (Å²) in [6, 6.07) is 5.47. The van der Waals surface area contributed by atoms with Gasteiger partial charge in [0.15, 0.2) is 0 Å². The number of rotatable bonds is 6. The van der Waals surface area contributed by atoms with Crippen molar-refractivity contribution in [3.63, 3.8) is 0 Å². The maximum atomic E-state index is 12.3. The third kappa shape index (κ3) is 3.96. The Kier molecular flexibility index (Phi) is 5.38. The first-order chi connectivity index (χ1) is 17.2. The normalized spacial score (nSPS) is 27.0. The molecule has 2 aliphatic carbocycles. The van der Waals surface area contributed by atoms with Gasteiger partial charge in [-0.15, -0.1) is 0 Å². The van der Waals surface area contributed by atoms with Gasteiger partial charge in [0.1, 0.15) is 23.8 Å². The van der Waals surface area contributed by atoms with Crippen molar-refractivity contribution in [1.82, 2.24) is 15.0 Å². The molecule has 0 unspecified atom stereocenters. The molecule has 2 fully saturated rings. The highest BCUT2D eigenvalue weighted by Gasteiger charge is 2.41. The van der Waals surface area contributed by atoms with Gasteiger partial charge in [0.25, 0.3) is 0 Å². The maximum Gasteiger partial charge on any atom is 0.340 e. The molecule has 36 heavy (non-hydrogen) atoms. The Bertz CT molecular complexity index is 1350. The van der Waals surface area contributed by atoms with Gasteiger partial charge >= 0.3 is 5.97 Å². The van der Waals surface area contributed by atoms with Crippen LogP contribution in [0, 0.1) is 5.92 Å². The van der Waals surface area contributed by atoms with Gasteiger partial charge in [-0.05, 0) is 61.8 Å². The fraction of sp³-hybridized carbons (Fsp3) is 0.481. The topological polar surface area (TPSA) is 132 Å². The zero-order chi connectivity index (χ0) is 25.2. The molecule has 0 amide bonds. The number of anilines is 2. The Labute approximate surface area is 209 Å². The van der Waals surface area contributed by atoms with Crippen LogP contribution < -0.4 is 15.8 Å². The number of aliphatic hydroxyl groups is 1. The quantitative estimate of drug-likeness (QED) is 0.441. The van der Waals surface area contributed by atoms with Crippen molar-refractivity contribution in [2.45, 2.75) is 76.2 Å². The molecule has 4 heterocycles. The lowest BCUT2D eigenvalue weighted by molar-refractivity contribution is -0.0120. The van der Waals surface area contributed by atoms with Gasteiger partial charge in [0.2, 0.25) is 5.88 Å². The molecule has 0 spiro atoms. The molecular formula is C27H31N5O4. The molecule has 4 N–H and O–H groups in total. The first kappa shape index (κ1) is 23.1. The van der Waals surface area contributed by atoms with Crippen molar-refractivity contribution in [2.24, 2.45) is 11.7 Å². The first-order valence-corrected chi connectivity index (χ1v) is 12.6. The molecule has 9 heteroatoms. The number of nitrogens with one attached hydrogen (secondary N) is 1. The Balaban J connectivity index is 1.37. The lowest BCUT2D eigenvalue weighted by Gasteiger charge is -2.32. The number of aliphatic hydroxyl groups excluding tert-OH is 1. The largest absolute Gasteiger partial charge is 0.474 e. The molecule has 1 aliphatic heterocycles. The Morgan fingerprint density at radius 2 is 1.92 bits per heavy atom. The van der Waals surface area contributed by atoms with Gasteiger partial charge in [-0.25, -0.2) is 19.7 Å². The minimum atomic E-state index is -0.523. The standard InChI is InChI=1S/C27H31N5O4/c1-13-14(2)35-26(34)18-6-7-22(32-24(13)18)31-23-10-19-20(11-29-23)25(36-17-8-16(33)9-17)30-12-21(19)27(3,28)15-4-5-15/h6-7,10-17,33H,4-5,8-9,28H2,1-3H3,(H,29,31,32)/t13-,14-,16?,17?,27+/m0/s1. The Hall–Kier alpha value is -3.30. The highest BCUT2D eigenvalue weighted by Crippen LogP contribution is 2.46. The van der Waals surface area contributed by atoms with Crippen LogP contribution in [0.1, 0.15) is 74.0 Å². The third-order valence-electron chi connectivity index (χ3n) is 7.92. The van der Waals surface area contributed by atoms with Crippen molar-refractivity contribution in [3.8, 4) is 5.88 Å². The summed E-state index contributed by atoms with van der Waals surface area (Å²) < 4.78 is 11.5. The molecule has 9 nitrogen and oxygen atoms in total. The number of hydrogen-bond donors (Lipinski definition) is 3. The van der Waals surface area contributed by atoms with E-state index < -0.39 is 5.54 Å². The minimum absolute atomic E-state index is 0.0112. The molecule has 188 valence electrons. The molecule has 0 radical (unpaired) electrons. The van der Waals surface area contributed by atoms with E-state index in [0.29, 0.717) is 41.8 Å². The predicted octanol–water partition coefficient (Wildman–Crippen LogP) is 3.92. The summed E-state index contributed by atoms with van der Waals surface area (Å²) in [6.45, 7) is 5.94. The summed E-state index contributed by atoms with van der Waals surface area (Å²) in [6.07, 6.45) is 6.37. The third-order valence-corrected chi connectivity index (χ3v) is 7.92. The molecule has 3 aromatic heterocycles. The van der Waals surface area contributed by atoms with Crippen LogP contribution in [0.5, 0.6) is 5.88 Å². The van der Waals surface area contributed by atoms with Crippen LogP contribution in [-0.2, 0) is 10.3 Å². The van der Waals surface area contributed by atoms with Crippen molar-refractivity contribution in [1.29, 1.82) is 0 Å². The number of hydrogen-bond acceptors (Lipinski definition) is 9. The number of cyclic esters (lactones) is 1. The number of pyridine rings is 3. The smallest absolute Gasteiger partial charge is 0.340 e. The van der Waals surface area contributed by atoms with E-state index in [0.717, 1.165) is 34.9 Å². The number of esters is 1. The van der Waals surface area contributed by atoms with E-state index >= 15 is 0 Å². The van der Waals surface area contributed by atoms with Crippen LogP contribution >= 0.6 is 0 Å². The van der Waals surface area contributed by atoms with E-state index in [4.69, 9.17) is 20.2 Å². The highest BCUT2D eigenvalue weighted by molar-refractivity contribution is 5.93. The lowest BCUT2D eigenvalue weighted by atomic mass is 9.86. The van der Waals surface area contributed by atoms with E-state index in [1.807, 2.05) is 26.1 Å². The van der Waals surface area contributed by atoms with E-state index in [1.165, 1.54) is 0 Å². The van der Waals surface area contributed by atoms with Gasteiger partial charge in [-0.1, -0.05) is 6.92 Å². The number of nitrogens with zero attached hydrogens (tertiary/aromatic N) is 3. The number of carbonyl (C=O) groups excluding carboxylic acids is 1. The van der Waals surface area contributed by atoms with Gasteiger partial charge < -0.3 is 25.6 Å². The Morgan fingerprint density at radius 3 is 2.64 bits per heavy atom. The summed E-state index contributed by atoms with van der Waals surface area (Å²) in [5.41, 5.74) is 8.47. The zero-order valence-electron chi connectivity index (χ0n) is 20.7. The SMILES string of the molecule is C[C@@H]1OC(=O)c2ccc(Nc3cc4c([C@](C)(N)C5CC5)cnc(OC5CC(O)C5)c4cn3)nc2[C@H]1C. The maximum absolute atomic E-state index is 12.3. The number of nitrogens with two attached hydrogens (primary N) is 1. The van der Waals surface area contributed by atoms with E-state index in [-0.39, 0.29) is 30.2 Å². The minimum Gasteiger partial charge on any atom is -0.474 e. The summed E-state index contributed by atoms with van der Waals surface area (Å²) in [7, 11) is 0. The van der Waals surface area contributed by atoms with Gasteiger partial charge in [0.05, 0.1) is 22.7 Å². The Morgan fingerprint density at radius 1 is 1.14 bits per heavy atom. The second-order valence-electron chi connectivity index (χ2n) is 10.7. The molecule has 0 saturated heterocycles. The fourth-order valence-corrected chi connectivity index (χ4v) is 5.15. The van der Waals surface area contributed by atoms with Crippen molar-refractivity contribution in [3.05, 3.63) is 47.4 Å². The number of ether oxygens (including phenoxy) is 2. The molecule has 3 aromatic rings. The van der Waals surface area contributed by atoms with Crippen molar-refractivity contribution < 1.29 is 19.4 Å². The van der Waals surface area contributed by atoms with Crippen LogP contribution in [-0.4, -0.2) is 44.3 Å².